The van der Waals surface area contributed by atoms with Crippen LogP contribution in [0.15, 0.2) is 12.1 Å². The Morgan fingerprint density at radius 1 is 1.04 bits per heavy atom. The van der Waals surface area contributed by atoms with Gasteiger partial charge in [-0.15, -0.1) is 14.8 Å². The van der Waals surface area contributed by atoms with E-state index < -0.39 is 37.3 Å². The summed E-state index contributed by atoms with van der Waals surface area (Å²) in [6, 6.07) is 2.79. The normalized spacial score (nSPS) is 18.8. The van der Waals surface area contributed by atoms with Crippen molar-refractivity contribution < 1.29 is 26.3 Å². The highest BCUT2D eigenvalue weighted by atomic mass is 19.4. The van der Waals surface area contributed by atoms with Gasteiger partial charge in [-0.25, -0.2) is 4.98 Å². The molecular weight excluding hydrogens is 328 g/mol. The van der Waals surface area contributed by atoms with E-state index in [1.54, 1.807) is 6.92 Å². The second kappa shape index (κ2) is 4.71. The molecule has 0 aromatic carbocycles. The Bertz CT molecular complexity index is 720. The van der Waals surface area contributed by atoms with E-state index in [2.05, 4.69) is 15.2 Å². The molecule has 0 saturated carbocycles. The van der Waals surface area contributed by atoms with Crippen LogP contribution in [0.3, 0.4) is 0 Å². The van der Waals surface area contributed by atoms with Crippen LogP contribution in [0.4, 0.5) is 32.2 Å². The number of halogens is 6. The van der Waals surface area contributed by atoms with Crippen molar-refractivity contribution in [2.24, 2.45) is 5.41 Å². The van der Waals surface area contributed by atoms with Gasteiger partial charge in [0.25, 0.3) is 0 Å². The molecule has 3 rings (SSSR count). The average Bonchev–Trinajstić information content (AvgIpc) is 2.98. The van der Waals surface area contributed by atoms with Crippen LogP contribution < -0.4 is 4.90 Å². The van der Waals surface area contributed by atoms with E-state index >= 15 is 0 Å². The summed E-state index contributed by atoms with van der Waals surface area (Å²) < 4.78 is 79.5. The van der Waals surface area contributed by atoms with Crippen molar-refractivity contribution >= 4 is 11.5 Å². The van der Waals surface area contributed by atoms with Crippen molar-refractivity contribution in [3.63, 3.8) is 0 Å². The first-order valence-electron chi connectivity index (χ1n) is 6.63. The smallest absolute Gasteiger partial charge is 0.354 e. The van der Waals surface area contributed by atoms with Gasteiger partial charge in [0.15, 0.2) is 16.9 Å². The monoisotopic (exact) mass is 339 g/mol. The summed E-state index contributed by atoms with van der Waals surface area (Å²) in [4.78, 5) is 4.97. The Morgan fingerprint density at radius 3 is 2.26 bits per heavy atom. The number of alkyl halides is 6. The second-order valence-electron chi connectivity index (χ2n) is 5.45. The predicted molar refractivity (Wildman–Crippen MR) is 66.9 cm³/mol. The van der Waals surface area contributed by atoms with Crippen molar-refractivity contribution in [3.05, 3.63) is 18.0 Å². The summed E-state index contributed by atoms with van der Waals surface area (Å²) in [5.74, 6) is 0.397. The average molecular weight is 339 g/mol. The Labute approximate surface area is 125 Å². The van der Waals surface area contributed by atoms with Gasteiger partial charge in [0.05, 0.1) is 0 Å². The van der Waals surface area contributed by atoms with Crippen molar-refractivity contribution in [3.8, 4) is 0 Å². The second-order valence-corrected chi connectivity index (χ2v) is 5.45. The molecule has 0 radical (unpaired) electrons. The Hall–Kier alpha value is -2.07. The number of nitrogens with zero attached hydrogens (tertiary/aromatic N) is 5. The van der Waals surface area contributed by atoms with E-state index in [0.717, 1.165) is 9.53 Å². The summed E-state index contributed by atoms with van der Waals surface area (Å²) in [7, 11) is 0. The number of fused-ring (bicyclic) bond motifs is 1. The third kappa shape index (κ3) is 2.38. The van der Waals surface area contributed by atoms with E-state index in [-0.39, 0.29) is 5.82 Å². The minimum Gasteiger partial charge on any atom is -0.354 e. The van der Waals surface area contributed by atoms with Crippen molar-refractivity contribution in [2.45, 2.75) is 25.7 Å². The first-order valence-corrected chi connectivity index (χ1v) is 6.63. The molecule has 2 aromatic rings. The first-order chi connectivity index (χ1) is 10.5. The van der Waals surface area contributed by atoms with Crippen LogP contribution in [0, 0.1) is 12.3 Å². The highest BCUT2D eigenvalue weighted by Crippen LogP contribution is 2.55. The Kier molecular flexibility index (Phi) is 3.24. The number of aryl methyl sites for hydroxylation is 1. The number of anilines is 1. The lowest BCUT2D eigenvalue weighted by atomic mass is 9.85. The summed E-state index contributed by atoms with van der Waals surface area (Å²) in [6.45, 7) is -0.0140. The van der Waals surface area contributed by atoms with Crippen LogP contribution in [0.25, 0.3) is 5.65 Å². The molecule has 11 heteroatoms. The van der Waals surface area contributed by atoms with Gasteiger partial charge in [-0.3, -0.25) is 0 Å². The largest absolute Gasteiger partial charge is 0.404 e. The molecule has 1 aliphatic heterocycles. The van der Waals surface area contributed by atoms with Gasteiger partial charge in [-0.05, 0) is 25.5 Å². The van der Waals surface area contributed by atoms with E-state index in [0.29, 0.717) is 11.5 Å². The molecular formula is C12H11F6N5. The molecule has 0 atom stereocenters. The molecule has 3 heterocycles. The third-order valence-electron chi connectivity index (χ3n) is 3.98. The maximum atomic E-state index is 13.1. The van der Waals surface area contributed by atoms with Crippen molar-refractivity contribution in [1.82, 2.24) is 19.8 Å². The lowest BCUT2D eigenvalue weighted by molar-refractivity contribution is -0.332. The minimum atomic E-state index is -5.38. The molecule has 1 saturated heterocycles. The van der Waals surface area contributed by atoms with E-state index in [1.807, 2.05) is 0 Å². The van der Waals surface area contributed by atoms with Crippen LogP contribution >= 0.6 is 0 Å². The van der Waals surface area contributed by atoms with Crippen LogP contribution in [-0.4, -0.2) is 45.3 Å². The molecule has 0 spiro atoms. The third-order valence-corrected chi connectivity index (χ3v) is 3.98. The molecule has 5 nitrogen and oxygen atoms in total. The maximum Gasteiger partial charge on any atom is 0.404 e. The molecule has 0 N–H and O–H groups in total. The first kappa shape index (κ1) is 15.8. The van der Waals surface area contributed by atoms with Gasteiger partial charge in [-0.1, -0.05) is 0 Å². The SMILES string of the molecule is Cc1nc2ccc(N3CCC(C(F)(F)F)(C(F)(F)F)C3)nn2n1. The van der Waals surface area contributed by atoms with Crippen LogP contribution in [0.5, 0.6) is 0 Å². The fraction of sp³-hybridized carbons (Fsp3) is 0.583. The molecule has 0 aliphatic carbocycles. The molecule has 0 bridgehead atoms. The Balaban J connectivity index is 1.96. The maximum absolute atomic E-state index is 13.1. The summed E-state index contributed by atoms with van der Waals surface area (Å²) in [5, 5.41) is 7.84. The predicted octanol–water partition coefficient (Wildman–Crippen LogP) is 2.75. The summed E-state index contributed by atoms with van der Waals surface area (Å²) in [5.41, 5.74) is -3.38. The van der Waals surface area contributed by atoms with Gasteiger partial charge in [0, 0.05) is 13.1 Å². The number of rotatable bonds is 1. The zero-order valence-electron chi connectivity index (χ0n) is 11.8. The van der Waals surface area contributed by atoms with Gasteiger partial charge < -0.3 is 4.90 Å². The molecule has 23 heavy (non-hydrogen) atoms. The van der Waals surface area contributed by atoms with Crippen LogP contribution in [0.2, 0.25) is 0 Å². The minimum absolute atomic E-state index is 0.00206. The summed E-state index contributed by atoms with van der Waals surface area (Å²) in [6.07, 6.45) is -11.8. The van der Waals surface area contributed by atoms with Crippen LogP contribution in [0.1, 0.15) is 12.2 Å². The van der Waals surface area contributed by atoms with Gasteiger partial charge in [0.1, 0.15) is 5.82 Å². The zero-order chi connectivity index (χ0) is 17.0. The number of aromatic nitrogens is 4. The fourth-order valence-electron chi connectivity index (χ4n) is 2.68. The highest BCUT2D eigenvalue weighted by Gasteiger charge is 2.72. The molecule has 2 aromatic heterocycles. The quantitative estimate of drug-likeness (QED) is 0.750. The van der Waals surface area contributed by atoms with Gasteiger partial charge in [0.2, 0.25) is 0 Å². The molecule has 0 unspecified atom stereocenters. The zero-order valence-corrected chi connectivity index (χ0v) is 11.8. The highest BCUT2D eigenvalue weighted by molar-refractivity contribution is 5.46. The van der Waals surface area contributed by atoms with E-state index in [1.165, 1.54) is 12.1 Å². The lowest BCUT2D eigenvalue weighted by Gasteiger charge is -2.33. The summed E-state index contributed by atoms with van der Waals surface area (Å²) >= 11 is 0. The van der Waals surface area contributed by atoms with Crippen molar-refractivity contribution in [1.29, 1.82) is 0 Å². The van der Waals surface area contributed by atoms with Gasteiger partial charge in [-0.2, -0.15) is 26.3 Å². The number of hydrogen-bond donors (Lipinski definition) is 0. The van der Waals surface area contributed by atoms with Crippen molar-refractivity contribution in [2.75, 3.05) is 18.0 Å². The Morgan fingerprint density at radius 2 is 1.70 bits per heavy atom. The molecule has 126 valence electrons. The topological polar surface area (TPSA) is 46.3 Å². The van der Waals surface area contributed by atoms with Gasteiger partial charge >= 0.3 is 12.4 Å². The lowest BCUT2D eigenvalue weighted by Crippen LogP contribution is -2.51. The standard InChI is InChI=1S/C12H11F6N5/c1-7-19-8-2-3-9(21-23(8)20-7)22-5-4-10(6-22,11(13,14)15)12(16,17)18/h2-3H,4-6H2,1H3. The fourth-order valence-corrected chi connectivity index (χ4v) is 2.68. The van der Waals surface area contributed by atoms with Crippen LogP contribution in [-0.2, 0) is 0 Å². The van der Waals surface area contributed by atoms with E-state index in [4.69, 9.17) is 0 Å². The molecule has 1 fully saturated rings. The van der Waals surface area contributed by atoms with E-state index in [9.17, 15) is 26.3 Å². The number of hydrogen-bond acceptors (Lipinski definition) is 4. The molecule has 0 amide bonds. The molecule has 1 aliphatic rings.